The molecule has 118 valence electrons. The van der Waals surface area contributed by atoms with Crippen molar-refractivity contribution in [2.24, 2.45) is 11.1 Å². The molecule has 0 aliphatic rings. The summed E-state index contributed by atoms with van der Waals surface area (Å²) in [7, 11) is 1.84. The van der Waals surface area contributed by atoms with Gasteiger partial charge in [0.15, 0.2) is 5.75 Å². The van der Waals surface area contributed by atoms with Crippen molar-refractivity contribution in [3.05, 3.63) is 28.3 Å². The Kier molecular flexibility index (Phi) is 5.96. The summed E-state index contributed by atoms with van der Waals surface area (Å²) >= 11 is 0. The van der Waals surface area contributed by atoms with Gasteiger partial charge in [0, 0.05) is 13.6 Å². The largest absolute Gasteiger partial charge is 0.487 e. The van der Waals surface area contributed by atoms with Crippen LogP contribution in [0.15, 0.2) is 18.2 Å². The third-order valence-electron chi connectivity index (χ3n) is 3.25. The second-order valence-electron chi connectivity index (χ2n) is 5.95. The van der Waals surface area contributed by atoms with Crippen LogP contribution in [-0.4, -0.2) is 31.7 Å². The minimum Gasteiger partial charge on any atom is -0.487 e. The monoisotopic (exact) mass is 295 g/mol. The van der Waals surface area contributed by atoms with Gasteiger partial charge < -0.3 is 15.4 Å². The number of para-hydroxylation sites is 1. The van der Waals surface area contributed by atoms with Crippen LogP contribution in [0.2, 0.25) is 0 Å². The zero-order chi connectivity index (χ0) is 16.0. The number of benzene rings is 1. The number of nitrogens with two attached hydrogens (primary N) is 1. The Hall–Kier alpha value is -1.82. The normalized spacial score (nSPS) is 11.3. The van der Waals surface area contributed by atoms with E-state index >= 15 is 0 Å². The third kappa shape index (κ3) is 4.60. The number of ether oxygens (including phenoxy) is 1. The molecule has 0 heterocycles. The van der Waals surface area contributed by atoms with Crippen LogP contribution in [0.4, 0.5) is 11.4 Å². The van der Waals surface area contributed by atoms with Crippen molar-refractivity contribution in [3.63, 3.8) is 0 Å². The summed E-state index contributed by atoms with van der Waals surface area (Å²) in [5.41, 5.74) is 6.18. The molecule has 0 aliphatic heterocycles. The molecule has 0 spiro atoms. The van der Waals surface area contributed by atoms with Gasteiger partial charge >= 0.3 is 5.69 Å². The maximum absolute atomic E-state index is 11.4. The predicted molar refractivity (Wildman–Crippen MR) is 85.0 cm³/mol. The molecule has 0 aliphatic carbocycles. The van der Waals surface area contributed by atoms with E-state index in [1.54, 1.807) is 18.2 Å². The molecule has 6 heteroatoms. The summed E-state index contributed by atoms with van der Waals surface area (Å²) in [5.74, 6) is 0.316. The molecule has 0 aromatic heterocycles. The van der Waals surface area contributed by atoms with Crippen molar-refractivity contribution in [1.82, 2.24) is 0 Å². The highest BCUT2D eigenvalue weighted by Gasteiger charge is 2.26. The second-order valence-corrected chi connectivity index (χ2v) is 5.95. The van der Waals surface area contributed by atoms with Crippen LogP contribution in [0.25, 0.3) is 0 Å². The minimum absolute atomic E-state index is 0.0151. The first-order valence-electron chi connectivity index (χ1n) is 7.14. The van der Waals surface area contributed by atoms with Crippen molar-refractivity contribution in [1.29, 1.82) is 0 Å². The second kappa shape index (κ2) is 7.26. The van der Waals surface area contributed by atoms with Crippen LogP contribution in [-0.2, 0) is 0 Å². The lowest BCUT2D eigenvalue weighted by atomic mass is 9.93. The molecule has 0 radical (unpaired) electrons. The molecule has 0 atom stereocenters. The number of anilines is 1. The maximum atomic E-state index is 11.4. The van der Waals surface area contributed by atoms with Gasteiger partial charge in [0.2, 0.25) is 0 Å². The van der Waals surface area contributed by atoms with Crippen molar-refractivity contribution >= 4 is 11.4 Å². The Morgan fingerprint density at radius 2 is 2.10 bits per heavy atom. The Morgan fingerprint density at radius 1 is 1.43 bits per heavy atom. The number of hydrogen-bond donors (Lipinski definition) is 1. The zero-order valence-electron chi connectivity index (χ0n) is 13.3. The van der Waals surface area contributed by atoms with Gasteiger partial charge in [0.1, 0.15) is 5.69 Å². The smallest absolute Gasteiger partial charge is 0.333 e. The van der Waals surface area contributed by atoms with Crippen molar-refractivity contribution in [2.45, 2.75) is 27.2 Å². The summed E-state index contributed by atoms with van der Waals surface area (Å²) in [6.45, 7) is 7.63. The van der Waals surface area contributed by atoms with E-state index in [1.807, 2.05) is 32.7 Å². The number of nitro groups is 1. The van der Waals surface area contributed by atoms with Crippen molar-refractivity contribution in [3.8, 4) is 5.75 Å². The molecule has 0 saturated heterocycles. The molecular weight excluding hydrogens is 270 g/mol. The number of hydrogen-bond acceptors (Lipinski definition) is 5. The highest BCUT2D eigenvalue weighted by Crippen LogP contribution is 2.37. The number of nitrogens with zero attached hydrogens (tertiary/aromatic N) is 2. The molecule has 0 amide bonds. The van der Waals surface area contributed by atoms with Crippen LogP contribution in [0.3, 0.4) is 0 Å². The van der Waals surface area contributed by atoms with E-state index in [4.69, 9.17) is 10.5 Å². The topological polar surface area (TPSA) is 81.6 Å². The lowest BCUT2D eigenvalue weighted by Gasteiger charge is -2.30. The molecule has 1 aromatic carbocycles. The molecule has 0 unspecified atom stereocenters. The molecule has 0 saturated carbocycles. The lowest BCUT2D eigenvalue weighted by molar-refractivity contribution is -0.385. The van der Waals surface area contributed by atoms with Crippen molar-refractivity contribution < 1.29 is 9.66 Å². The van der Waals surface area contributed by atoms with E-state index in [9.17, 15) is 10.1 Å². The summed E-state index contributed by atoms with van der Waals surface area (Å²) < 4.78 is 5.50. The Bertz CT molecular complexity index is 489. The van der Waals surface area contributed by atoms with Gasteiger partial charge in [-0.3, -0.25) is 10.1 Å². The van der Waals surface area contributed by atoms with E-state index in [2.05, 4.69) is 0 Å². The molecule has 0 fully saturated rings. The quantitative estimate of drug-likeness (QED) is 0.589. The average Bonchev–Trinajstić information content (AvgIpc) is 2.43. The first-order chi connectivity index (χ1) is 9.82. The van der Waals surface area contributed by atoms with Gasteiger partial charge in [-0.05, 0) is 30.5 Å². The van der Waals surface area contributed by atoms with E-state index in [0.29, 0.717) is 31.1 Å². The maximum Gasteiger partial charge on any atom is 0.333 e. The van der Waals surface area contributed by atoms with Gasteiger partial charge in [0.25, 0.3) is 0 Å². The molecule has 1 rings (SSSR count). The third-order valence-corrected chi connectivity index (χ3v) is 3.25. The van der Waals surface area contributed by atoms with Gasteiger partial charge in [-0.1, -0.05) is 26.8 Å². The fourth-order valence-corrected chi connectivity index (χ4v) is 2.12. The highest BCUT2D eigenvalue weighted by atomic mass is 16.6. The zero-order valence-corrected chi connectivity index (χ0v) is 13.3. The summed E-state index contributed by atoms with van der Waals surface area (Å²) in [4.78, 5) is 12.9. The highest BCUT2D eigenvalue weighted by molar-refractivity contribution is 5.69. The summed E-state index contributed by atoms with van der Waals surface area (Å²) in [6, 6.07) is 5.15. The van der Waals surface area contributed by atoms with Gasteiger partial charge in [0.05, 0.1) is 11.5 Å². The van der Waals surface area contributed by atoms with E-state index in [0.717, 1.165) is 6.42 Å². The van der Waals surface area contributed by atoms with Crippen LogP contribution < -0.4 is 15.4 Å². The molecule has 2 N–H and O–H groups in total. The molecule has 21 heavy (non-hydrogen) atoms. The van der Waals surface area contributed by atoms with Gasteiger partial charge in [-0.25, -0.2) is 0 Å². The van der Waals surface area contributed by atoms with Crippen LogP contribution in [0.5, 0.6) is 5.75 Å². The predicted octanol–water partition coefficient (Wildman–Crippen LogP) is 2.80. The Morgan fingerprint density at radius 3 is 2.62 bits per heavy atom. The van der Waals surface area contributed by atoms with Gasteiger partial charge in [-0.15, -0.1) is 0 Å². The average molecular weight is 295 g/mol. The van der Waals surface area contributed by atoms with Crippen LogP contribution in [0.1, 0.15) is 27.2 Å². The SMILES string of the molecule is CCCOc1cccc(N(C)CC(C)(C)CN)c1[N+](=O)[O-]. The standard InChI is InChI=1S/C15H25N3O3/c1-5-9-21-13-8-6-7-12(14(13)18(19)20)17(4)11-15(2,3)10-16/h6-8H,5,9-11,16H2,1-4H3. The number of rotatable bonds is 8. The summed E-state index contributed by atoms with van der Waals surface area (Å²) in [5, 5.41) is 11.4. The Balaban J connectivity index is 3.13. The first-order valence-corrected chi connectivity index (χ1v) is 7.14. The van der Waals surface area contributed by atoms with Gasteiger partial charge in [-0.2, -0.15) is 0 Å². The Labute approximate surface area is 126 Å². The number of nitro benzene ring substituents is 1. The fraction of sp³-hybridized carbons (Fsp3) is 0.600. The minimum atomic E-state index is -0.383. The fourth-order valence-electron chi connectivity index (χ4n) is 2.12. The lowest BCUT2D eigenvalue weighted by Crippen LogP contribution is -2.37. The van der Waals surface area contributed by atoms with Crippen LogP contribution >= 0.6 is 0 Å². The molecule has 1 aromatic rings. The van der Waals surface area contributed by atoms with E-state index < -0.39 is 0 Å². The molecule has 6 nitrogen and oxygen atoms in total. The summed E-state index contributed by atoms with van der Waals surface area (Å²) in [6.07, 6.45) is 0.803. The molecule has 0 bridgehead atoms. The molecular formula is C15H25N3O3. The first kappa shape index (κ1) is 17.2. The van der Waals surface area contributed by atoms with Crippen LogP contribution in [0, 0.1) is 15.5 Å². The van der Waals surface area contributed by atoms with E-state index in [-0.39, 0.29) is 16.0 Å². The van der Waals surface area contributed by atoms with E-state index in [1.165, 1.54) is 0 Å². The van der Waals surface area contributed by atoms with Crippen molar-refractivity contribution in [2.75, 3.05) is 31.6 Å².